The van der Waals surface area contributed by atoms with Gasteiger partial charge in [0, 0.05) is 34.8 Å². The third-order valence-corrected chi connectivity index (χ3v) is 5.10. The smallest absolute Gasteiger partial charge is 0.317 e. The van der Waals surface area contributed by atoms with E-state index >= 15 is 0 Å². The second kappa shape index (κ2) is 7.41. The number of pyridine rings is 1. The van der Waals surface area contributed by atoms with Crippen LogP contribution in [0.25, 0.3) is 10.9 Å². The van der Waals surface area contributed by atoms with Gasteiger partial charge in [-0.05, 0) is 13.1 Å². The molecule has 1 aliphatic heterocycles. The van der Waals surface area contributed by atoms with E-state index in [1.165, 1.54) is 19.4 Å². The highest BCUT2D eigenvalue weighted by atomic mass is 19.4. The molecule has 0 fully saturated rings. The van der Waals surface area contributed by atoms with Gasteiger partial charge in [-0.25, -0.2) is 15.0 Å². The van der Waals surface area contributed by atoms with Crippen LogP contribution in [0.5, 0.6) is 0 Å². The predicted molar refractivity (Wildman–Crippen MR) is 115 cm³/mol. The molecule has 5 rings (SSSR count). The van der Waals surface area contributed by atoms with Crippen molar-refractivity contribution in [2.24, 2.45) is 4.99 Å². The zero-order valence-corrected chi connectivity index (χ0v) is 17.0. The maximum Gasteiger partial charge on any atom is 0.506 e. The Morgan fingerprint density at radius 1 is 1.12 bits per heavy atom. The number of nitrogens with one attached hydrogen (secondary N) is 4. The van der Waals surface area contributed by atoms with Crippen LogP contribution >= 0.6 is 0 Å². The Morgan fingerprint density at radius 3 is 2.76 bits per heavy atom. The molecule has 0 radical (unpaired) electrons. The van der Waals surface area contributed by atoms with Crippen LogP contribution in [-0.4, -0.2) is 43.4 Å². The highest BCUT2D eigenvalue weighted by Gasteiger charge is 2.39. The number of hydrogen-bond acceptors (Lipinski definition) is 8. The number of nitrogens with zero attached hydrogens (tertiary/aromatic N) is 5. The molecule has 3 aromatic heterocycles. The highest BCUT2D eigenvalue weighted by Crippen LogP contribution is 2.32. The third-order valence-electron chi connectivity index (χ3n) is 5.10. The Bertz CT molecular complexity index is 1440. The SMILES string of the molecule is CNC1(Nc2ccnn2C(F)(F)F)N=C(c2cccc3cncnc23)c2ccc(=O)[nH]c2N1. The molecule has 4 aromatic rings. The van der Waals surface area contributed by atoms with E-state index in [1.54, 1.807) is 24.4 Å². The molecule has 1 unspecified atom stereocenters. The van der Waals surface area contributed by atoms with Gasteiger partial charge in [0.1, 0.15) is 18.0 Å². The maximum atomic E-state index is 13.4. The van der Waals surface area contributed by atoms with E-state index in [2.05, 4.69) is 36.0 Å². The van der Waals surface area contributed by atoms with Crippen molar-refractivity contribution in [3.8, 4) is 0 Å². The average molecular weight is 455 g/mol. The van der Waals surface area contributed by atoms with Crippen LogP contribution < -0.4 is 21.5 Å². The standard InChI is InChI=1S/C20H16F3N9O/c1-24-20(29-14-7-8-27-32(14)19(21,22)23)30-17(13-5-6-15(33)28-18(13)31-20)12-4-2-3-11-9-25-10-26-16(11)12/h2-10,24,29H,1H3,(H2,28,31,33). The molecular formula is C20H16F3N9O. The van der Waals surface area contributed by atoms with E-state index < -0.39 is 17.8 Å². The lowest BCUT2D eigenvalue weighted by atomic mass is 9.98. The van der Waals surface area contributed by atoms with Crippen LogP contribution in [0.1, 0.15) is 11.1 Å². The van der Waals surface area contributed by atoms with Gasteiger partial charge in [-0.3, -0.25) is 10.1 Å². The quantitative estimate of drug-likeness (QED) is 0.348. The molecule has 1 atom stereocenters. The molecular weight excluding hydrogens is 439 g/mol. The first-order valence-corrected chi connectivity index (χ1v) is 9.69. The van der Waals surface area contributed by atoms with Gasteiger partial charge in [0.15, 0.2) is 0 Å². The lowest BCUT2D eigenvalue weighted by molar-refractivity contribution is -0.210. The van der Waals surface area contributed by atoms with Gasteiger partial charge in [-0.1, -0.05) is 18.2 Å². The minimum absolute atomic E-state index is 0.114. The molecule has 33 heavy (non-hydrogen) atoms. The molecule has 0 saturated carbocycles. The van der Waals surface area contributed by atoms with Crippen LogP contribution in [0.2, 0.25) is 0 Å². The number of aromatic nitrogens is 5. The van der Waals surface area contributed by atoms with Gasteiger partial charge in [-0.15, -0.1) is 13.2 Å². The maximum absolute atomic E-state index is 13.4. The van der Waals surface area contributed by atoms with Crippen LogP contribution in [0.4, 0.5) is 24.8 Å². The molecule has 0 aliphatic carbocycles. The first kappa shape index (κ1) is 20.6. The molecule has 1 aliphatic rings. The fourth-order valence-electron chi connectivity index (χ4n) is 3.64. The molecule has 10 nitrogen and oxygen atoms in total. The zero-order chi connectivity index (χ0) is 23.2. The summed E-state index contributed by atoms with van der Waals surface area (Å²) in [7, 11) is 1.51. The number of H-pyrrole nitrogens is 1. The first-order chi connectivity index (χ1) is 15.8. The zero-order valence-electron chi connectivity index (χ0n) is 17.0. The van der Waals surface area contributed by atoms with E-state index in [0.29, 0.717) is 22.4 Å². The lowest BCUT2D eigenvalue weighted by Gasteiger charge is -2.37. The highest BCUT2D eigenvalue weighted by molar-refractivity contribution is 6.21. The monoisotopic (exact) mass is 455 g/mol. The summed E-state index contributed by atoms with van der Waals surface area (Å²) in [4.78, 5) is 27.8. The van der Waals surface area contributed by atoms with Crippen molar-refractivity contribution in [3.05, 3.63) is 76.6 Å². The molecule has 0 spiro atoms. The molecule has 0 saturated heterocycles. The van der Waals surface area contributed by atoms with E-state index in [-0.39, 0.29) is 16.3 Å². The van der Waals surface area contributed by atoms with Crippen molar-refractivity contribution in [2.75, 3.05) is 17.7 Å². The Hall–Kier alpha value is -4.26. The summed E-state index contributed by atoms with van der Waals surface area (Å²) in [5.41, 5.74) is 1.74. The number of fused-ring (bicyclic) bond motifs is 2. The van der Waals surface area contributed by atoms with Gasteiger partial charge >= 0.3 is 6.30 Å². The summed E-state index contributed by atoms with van der Waals surface area (Å²) in [5, 5.41) is 12.6. The summed E-state index contributed by atoms with van der Waals surface area (Å²) < 4.78 is 40.1. The van der Waals surface area contributed by atoms with Gasteiger partial charge in [0.05, 0.1) is 17.4 Å². The number of aromatic amines is 1. The van der Waals surface area contributed by atoms with Crippen molar-refractivity contribution < 1.29 is 13.2 Å². The fraction of sp³-hybridized carbons (Fsp3) is 0.150. The number of halogens is 3. The number of hydrogen-bond donors (Lipinski definition) is 4. The number of aliphatic imine (C=N–C) groups is 1. The average Bonchev–Trinajstić information content (AvgIpc) is 3.26. The summed E-state index contributed by atoms with van der Waals surface area (Å²) in [6.07, 6.45) is -0.690. The van der Waals surface area contributed by atoms with Crippen molar-refractivity contribution >= 4 is 28.3 Å². The van der Waals surface area contributed by atoms with Crippen molar-refractivity contribution in [2.45, 2.75) is 12.2 Å². The number of rotatable bonds is 4. The minimum Gasteiger partial charge on any atom is -0.317 e. The Kier molecular flexibility index (Phi) is 4.63. The molecule has 168 valence electrons. The summed E-state index contributed by atoms with van der Waals surface area (Å²) in [6.45, 7) is 0. The molecule has 4 N–H and O–H groups in total. The number of anilines is 2. The van der Waals surface area contributed by atoms with Crippen molar-refractivity contribution in [1.29, 1.82) is 0 Å². The second-order valence-electron chi connectivity index (χ2n) is 7.14. The predicted octanol–water partition coefficient (Wildman–Crippen LogP) is 2.20. The van der Waals surface area contributed by atoms with Crippen LogP contribution in [0.3, 0.4) is 0 Å². The summed E-state index contributed by atoms with van der Waals surface area (Å²) in [5.74, 6) is -1.77. The van der Waals surface area contributed by atoms with Crippen molar-refractivity contribution in [3.63, 3.8) is 0 Å². The topological polar surface area (TPSA) is 125 Å². The van der Waals surface area contributed by atoms with Crippen molar-refractivity contribution in [1.82, 2.24) is 30.0 Å². The summed E-state index contributed by atoms with van der Waals surface area (Å²) >= 11 is 0. The van der Waals surface area contributed by atoms with E-state index in [4.69, 9.17) is 4.99 Å². The van der Waals surface area contributed by atoms with Crippen LogP contribution in [0, 0.1) is 0 Å². The second-order valence-corrected chi connectivity index (χ2v) is 7.14. The van der Waals surface area contributed by atoms with Crippen LogP contribution in [0.15, 0.2) is 64.9 Å². The van der Waals surface area contributed by atoms with Gasteiger partial charge in [0.2, 0.25) is 5.56 Å². The normalized spacial score (nSPS) is 17.9. The third kappa shape index (κ3) is 3.57. The first-order valence-electron chi connectivity index (χ1n) is 9.69. The molecule has 1 aromatic carbocycles. The Balaban J connectivity index is 1.72. The molecule has 4 heterocycles. The van der Waals surface area contributed by atoms with Gasteiger partial charge < -0.3 is 15.6 Å². The largest absolute Gasteiger partial charge is 0.506 e. The number of benzene rings is 1. The minimum atomic E-state index is -4.75. The number of alkyl halides is 3. The molecule has 0 bridgehead atoms. The van der Waals surface area contributed by atoms with E-state index in [1.807, 2.05) is 6.07 Å². The van der Waals surface area contributed by atoms with Gasteiger partial charge in [0.25, 0.3) is 5.91 Å². The number of para-hydroxylation sites is 1. The fourth-order valence-corrected chi connectivity index (χ4v) is 3.64. The molecule has 0 amide bonds. The molecule has 13 heteroatoms. The Labute approximate surface area is 183 Å². The van der Waals surface area contributed by atoms with Crippen LogP contribution in [-0.2, 0) is 6.30 Å². The Morgan fingerprint density at radius 2 is 1.97 bits per heavy atom. The lowest BCUT2D eigenvalue weighted by Crippen LogP contribution is -2.58. The summed E-state index contributed by atoms with van der Waals surface area (Å²) in [6, 6.07) is 9.50. The van der Waals surface area contributed by atoms with E-state index in [9.17, 15) is 18.0 Å². The van der Waals surface area contributed by atoms with E-state index in [0.717, 1.165) is 17.6 Å². The van der Waals surface area contributed by atoms with Gasteiger partial charge in [-0.2, -0.15) is 9.78 Å².